The van der Waals surface area contributed by atoms with Gasteiger partial charge in [0.05, 0.1) is 6.61 Å². The van der Waals surface area contributed by atoms with E-state index in [1.165, 1.54) is 16.9 Å². The Bertz CT molecular complexity index is 806. The number of carbonyl (C=O) groups excluding carboxylic acids is 1. The molecule has 0 saturated carbocycles. The maximum atomic E-state index is 12.0. The quantitative estimate of drug-likeness (QED) is 0.576. The summed E-state index contributed by atoms with van der Waals surface area (Å²) in [6, 6.07) is 20.0. The number of ether oxygens (including phenoxy) is 1. The molecule has 0 spiro atoms. The van der Waals surface area contributed by atoms with Crippen LogP contribution in [0, 0.1) is 0 Å². The van der Waals surface area contributed by atoms with Gasteiger partial charge in [0.1, 0.15) is 5.01 Å². The fourth-order valence-electron chi connectivity index (χ4n) is 2.42. The molecule has 0 aliphatic carbocycles. The van der Waals surface area contributed by atoms with Crippen molar-refractivity contribution in [2.75, 3.05) is 18.5 Å². The Kier molecular flexibility index (Phi) is 6.87. The Morgan fingerprint density at radius 2 is 1.69 bits per heavy atom. The van der Waals surface area contributed by atoms with E-state index in [2.05, 4.69) is 27.6 Å². The van der Waals surface area contributed by atoms with Crippen molar-refractivity contribution in [2.24, 2.45) is 0 Å². The maximum absolute atomic E-state index is 12.0. The first-order valence-electron chi connectivity index (χ1n) is 8.62. The van der Waals surface area contributed by atoms with Gasteiger partial charge in [-0.05, 0) is 18.4 Å². The Labute approximate surface area is 157 Å². The number of rotatable bonds is 9. The SMILES string of the molecule is O=C(CCCOCCc1ccccc1)Nc1nnc(-c2ccccc2)s1. The highest BCUT2D eigenvalue weighted by atomic mass is 32.1. The molecule has 0 atom stereocenters. The fraction of sp³-hybridized carbons (Fsp3) is 0.250. The molecular formula is C20H21N3O2S. The van der Waals surface area contributed by atoms with Crippen LogP contribution in [0.1, 0.15) is 18.4 Å². The van der Waals surface area contributed by atoms with Gasteiger partial charge >= 0.3 is 0 Å². The smallest absolute Gasteiger partial charge is 0.226 e. The average Bonchev–Trinajstić information content (AvgIpc) is 3.14. The molecule has 1 N–H and O–H groups in total. The molecule has 134 valence electrons. The molecule has 1 amide bonds. The van der Waals surface area contributed by atoms with Crippen LogP contribution in [0.15, 0.2) is 60.7 Å². The molecule has 0 saturated heterocycles. The normalized spacial score (nSPS) is 10.6. The number of aromatic nitrogens is 2. The largest absolute Gasteiger partial charge is 0.381 e. The summed E-state index contributed by atoms with van der Waals surface area (Å²) in [5.74, 6) is -0.0626. The molecule has 1 aromatic heterocycles. The molecule has 0 fully saturated rings. The number of amides is 1. The Balaban J connectivity index is 1.32. The van der Waals surface area contributed by atoms with Crippen LogP contribution in [0.5, 0.6) is 0 Å². The number of hydrogen-bond acceptors (Lipinski definition) is 5. The minimum absolute atomic E-state index is 0.0626. The van der Waals surface area contributed by atoms with Crippen molar-refractivity contribution in [1.29, 1.82) is 0 Å². The number of carbonyl (C=O) groups is 1. The predicted molar refractivity (Wildman–Crippen MR) is 104 cm³/mol. The van der Waals surface area contributed by atoms with Gasteiger partial charge in [0.15, 0.2) is 0 Å². The second-order valence-electron chi connectivity index (χ2n) is 5.78. The summed E-state index contributed by atoms with van der Waals surface area (Å²) in [6.45, 7) is 1.24. The van der Waals surface area contributed by atoms with Gasteiger partial charge in [-0.2, -0.15) is 0 Å². The third-order valence-corrected chi connectivity index (χ3v) is 4.65. The number of benzene rings is 2. The third-order valence-electron chi connectivity index (χ3n) is 3.76. The van der Waals surface area contributed by atoms with Crippen LogP contribution < -0.4 is 5.32 Å². The van der Waals surface area contributed by atoms with Gasteiger partial charge in [-0.15, -0.1) is 10.2 Å². The summed E-state index contributed by atoms with van der Waals surface area (Å²) in [6.07, 6.45) is 1.98. The first kappa shape index (κ1) is 18.2. The minimum atomic E-state index is -0.0626. The number of nitrogens with zero attached hydrogens (tertiary/aromatic N) is 2. The van der Waals surface area contributed by atoms with Gasteiger partial charge in [-0.3, -0.25) is 4.79 Å². The molecule has 2 aromatic carbocycles. The van der Waals surface area contributed by atoms with Crippen molar-refractivity contribution in [1.82, 2.24) is 10.2 Å². The van der Waals surface area contributed by atoms with E-state index in [4.69, 9.17) is 4.74 Å². The zero-order valence-electron chi connectivity index (χ0n) is 14.4. The summed E-state index contributed by atoms with van der Waals surface area (Å²) in [5, 5.41) is 12.3. The lowest BCUT2D eigenvalue weighted by atomic mass is 10.2. The van der Waals surface area contributed by atoms with Crippen LogP contribution in [-0.4, -0.2) is 29.3 Å². The van der Waals surface area contributed by atoms with Gasteiger partial charge in [0.2, 0.25) is 11.0 Å². The maximum Gasteiger partial charge on any atom is 0.226 e. The minimum Gasteiger partial charge on any atom is -0.381 e. The molecule has 3 aromatic rings. The van der Waals surface area contributed by atoms with E-state index in [0.29, 0.717) is 31.2 Å². The Morgan fingerprint density at radius 1 is 0.962 bits per heavy atom. The van der Waals surface area contributed by atoms with Crippen molar-refractivity contribution < 1.29 is 9.53 Å². The molecule has 0 unspecified atom stereocenters. The zero-order chi connectivity index (χ0) is 18.0. The van der Waals surface area contributed by atoms with Crippen LogP contribution in [0.4, 0.5) is 5.13 Å². The second-order valence-corrected chi connectivity index (χ2v) is 6.76. The van der Waals surface area contributed by atoms with E-state index >= 15 is 0 Å². The molecular weight excluding hydrogens is 346 g/mol. The number of nitrogens with one attached hydrogen (secondary N) is 1. The van der Waals surface area contributed by atoms with E-state index < -0.39 is 0 Å². The van der Waals surface area contributed by atoms with Crippen molar-refractivity contribution in [2.45, 2.75) is 19.3 Å². The molecule has 5 nitrogen and oxygen atoms in total. The monoisotopic (exact) mass is 367 g/mol. The van der Waals surface area contributed by atoms with E-state index in [9.17, 15) is 4.79 Å². The molecule has 6 heteroatoms. The molecule has 26 heavy (non-hydrogen) atoms. The fourth-order valence-corrected chi connectivity index (χ4v) is 3.19. The van der Waals surface area contributed by atoms with E-state index in [1.54, 1.807) is 0 Å². The predicted octanol–water partition coefficient (Wildman–Crippen LogP) is 4.18. The number of hydrogen-bond donors (Lipinski definition) is 1. The lowest BCUT2D eigenvalue weighted by Crippen LogP contribution is -2.12. The van der Waals surface area contributed by atoms with Gasteiger partial charge in [-0.1, -0.05) is 72.0 Å². The van der Waals surface area contributed by atoms with Crippen LogP contribution in [0.25, 0.3) is 10.6 Å². The standard InChI is InChI=1S/C20H21N3O2S/c24-18(12-7-14-25-15-13-16-8-3-1-4-9-16)21-20-23-22-19(26-20)17-10-5-2-6-11-17/h1-6,8-11H,7,12-15H2,(H,21,23,24). The van der Waals surface area contributed by atoms with Crippen LogP contribution in [-0.2, 0) is 16.0 Å². The lowest BCUT2D eigenvalue weighted by molar-refractivity contribution is -0.116. The van der Waals surface area contributed by atoms with Crippen molar-refractivity contribution in [3.8, 4) is 10.6 Å². The van der Waals surface area contributed by atoms with Gasteiger partial charge < -0.3 is 10.1 Å². The lowest BCUT2D eigenvalue weighted by Gasteiger charge is -2.04. The van der Waals surface area contributed by atoms with Crippen molar-refractivity contribution in [3.63, 3.8) is 0 Å². The molecule has 3 rings (SSSR count). The van der Waals surface area contributed by atoms with Gasteiger partial charge in [0, 0.05) is 18.6 Å². The molecule has 0 aliphatic heterocycles. The van der Waals surface area contributed by atoms with E-state index in [-0.39, 0.29) is 5.91 Å². The highest BCUT2D eigenvalue weighted by Gasteiger charge is 2.09. The Hall–Kier alpha value is -2.57. The van der Waals surface area contributed by atoms with Gasteiger partial charge in [-0.25, -0.2) is 0 Å². The third kappa shape index (κ3) is 5.75. The second kappa shape index (κ2) is 9.79. The molecule has 1 heterocycles. The molecule has 0 bridgehead atoms. The molecule has 0 radical (unpaired) electrons. The van der Waals surface area contributed by atoms with Crippen molar-refractivity contribution in [3.05, 3.63) is 66.2 Å². The van der Waals surface area contributed by atoms with Crippen LogP contribution in [0.2, 0.25) is 0 Å². The zero-order valence-corrected chi connectivity index (χ0v) is 15.2. The highest BCUT2D eigenvalue weighted by molar-refractivity contribution is 7.18. The average molecular weight is 367 g/mol. The number of anilines is 1. The van der Waals surface area contributed by atoms with E-state index in [0.717, 1.165) is 17.0 Å². The highest BCUT2D eigenvalue weighted by Crippen LogP contribution is 2.25. The summed E-state index contributed by atoms with van der Waals surface area (Å²) >= 11 is 1.37. The topological polar surface area (TPSA) is 64.1 Å². The van der Waals surface area contributed by atoms with Crippen LogP contribution >= 0.6 is 11.3 Å². The molecule has 0 aliphatic rings. The van der Waals surface area contributed by atoms with Gasteiger partial charge in [0.25, 0.3) is 0 Å². The first-order chi connectivity index (χ1) is 12.8. The summed E-state index contributed by atoms with van der Waals surface area (Å²) in [5.41, 5.74) is 2.26. The summed E-state index contributed by atoms with van der Waals surface area (Å²) in [4.78, 5) is 12.0. The summed E-state index contributed by atoms with van der Waals surface area (Å²) < 4.78 is 5.59. The summed E-state index contributed by atoms with van der Waals surface area (Å²) in [7, 11) is 0. The van der Waals surface area contributed by atoms with Crippen LogP contribution in [0.3, 0.4) is 0 Å². The Morgan fingerprint density at radius 3 is 2.46 bits per heavy atom. The first-order valence-corrected chi connectivity index (χ1v) is 9.43. The van der Waals surface area contributed by atoms with Crippen molar-refractivity contribution >= 4 is 22.4 Å². The van der Waals surface area contributed by atoms with E-state index in [1.807, 2.05) is 48.5 Å².